The lowest BCUT2D eigenvalue weighted by molar-refractivity contribution is 0.379. The second-order valence-corrected chi connectivity index (χ2v) is 10.4. The maximum Gasteiger partial charge on any atom is 0.243 e. The van der Waals surface area contributed by atoms with Crippen molar-refractivity contribution >= 4 is 40.0 Å². The van der Waals surface area contributed by atoms with Crippen molar-refractivity contribution in [2.75, 3.05) is 14.1 Å². The first-order valence-corrected chi connectivity index (χ1v) is 11.4. The second kappa shape index (κ2) is 11.3. The van der Waals surface area contributed by atoms with Gasteiger partial charge in [0.25, 0.3) is 0 Å². The summed E-state index contributed by atoms with van der Waals surface area (Å²) in [4.78, 5) is 8.77. The fraction of sp³-hybridized carbons (Fsp3) is 0.524. The van der Waals surface area contributed by atoms with Crippen LogP contribution in [0.4, 0.5) is 0 Å². The van der Waals surface area contributed by atoms with Crippen molar-refractivity contribution in [1.29, 1.82) is 0 Å². The summed E-state index contributed by atoms with van der Waals surface area (Å²) in [5, 5.41) is 6.37. The third-order valence-electron chi connectivity index (χ3n) is 4.71. The third-order valence-corrected chi connectivity index (χ3v) is 6.76. The molecule has 2 rings (SSSR count). The molecule has 0 spiro atoms. The summed E-state index contributed by atoms with van der Waals surface area (Å²) in [5.41, 5.74) is 0.852. The maximum atomic E-state index is 12.5. The average Bonchev–Trinajstić information content (AvgIpc) is 3.17. The van der Waals surface area contributed by atoms with Crippen molar-refractivity contribution in [3.05, 3.63) is 47.7 Å². The Labute approximate surface area is 203 Å². The number of oxazole rings is 1. The molecular formula is C21H34IN5O3S. The Hall–Kier alpha value is -1.66. The highest BCUT2D eigenvalue weighted by Gasteiger charge is 2.23. The van der Waals surface area contributed by atoms with Crippen LogP contribution in [0, 0.1) is 0 Å². The van der Waals surface area contributed by atoms with Gasteiger partial charge >= 0.3 is 0 Å². The van der Waals surface area contributed by atoms with E-state index in [4.69, 9.17) is 4.42 Å². The standard InChI is InChI=1S/C21H33N5O3S.HI/c1-15(2)26(7)30(27,28)17-10-8-16(9-11-17)12-24-20(22-6)25-14-19-23-13-18(29-19)21(3,4)5;/h8-11,13,15H,12,14H2,1-7H3,(H2,22,24,25);1H. The van der Waals surface area contributed by atoms with Crippen molar-refractivity contribution in [2.24, 2.45) is 4.99 Å². The summed E-state index contributed by atoms with van der Waals surface area (Å²) in [6.07, 6.45) is 1.75. The smallest absolute Gasteiger partial charge is 0.243 e. The van der Waals surface area contributed by atoms with Crippen LogP contribution in [0.5, 0.6) is 0 Å². The molecule has 0 unspecified atom stereocenters. The van der Waals surface area contributed by atoms with Crippen molar-refractivity contribution in [3.8, 4) is 0 Å². The monoisotopic (exact) mass is 563 g/mol. The highest BCUT2D eigenvalue weighted by atomic mass is 127. The van der Waals surface area contributed by atoms with Crippen LogP contribution in [-0.4, -0.2) is 43.8 Å². The summed E-state index contributed by atoms with van der Waals surface area (Å²) in [7, 11) is -0.209. The van der Waals surface area contributed by atoms with Gasteiger partial charge in [-0.1, -0.05) is 32.9 Å². The van der Waals surface area contributed by atoms with E-state index in [2.05, 4.69) is 41.4 Å². The van der Waals surface area contributed by atoms with E-state index in [0.29, 0.717) is 24.9 Å². The van der Waals surface area contributed by atoms with E-state index < -0.39 is 10.0 Å². The summed E-state index contributed by atoms with van der Waals surface area (Å²) in [5.74, 6) is 2.02. The lowest BCUT2D eigenvalue weighted by Crippen LogP contribution is -2.36. The predicted octanol–water partition coefficient (Wildman–Crippen LogP) is 3.48. The minimum Gasteiger partial charge on any atom is -0.443 e. The molecule has 0 saturated carbocycles. The molecule has 1 aromatic carbocycles. The van der Waals surface area contributed by atoms with Crippen LogP contribution < -0.4 is 10.6 Å². The van der Waals surface area contributed by atoms with Crippen molar-refractivity contribution < 1.29 is 12.8 Å². The molecule has 0 bridgehead atoms. The number of hydrogen-bond acceptors (Lipinski definition) is 5. The summed E-state index contributed by atoms with van der Waals surface area (Å²) in [6.45, 7) is 10.8. The second-order valence-electron chi connectivity index (χ2n) is 8.41. The van der Waals surface area contributed by atoms with Crippen LogP contribution in [0.25, 0.3) is 0 Å². The lowest BCUT2D eigenvalue weighted by Gasteiger charge is -2.21. The van der Waals surface area contributed by atoms with E-state index >= 15 is 0 Å². The molecule has 0 fully saturated rings. The number of aliphatic imine (C=N–C) groups is 1. The predicted molar refractivity (Wildman–Crippen MR) is 134 cm³/mol. The fourth-order valence-corrected chi connectivity index (χ4v) is 3.90. The Morgan fingerprint density at radius 1 is 1.16 bits per heavy atom. The maximum absolute atomic E-state index is 12.5. The van der Waals surface area contributed by atoms with E-state index in [1.54, 1.807) is 44.6 Å². The number of sulfonamides is 1. The van der Waals surface area contributed by atoms with Crippen LogP contribution in [0.3, 0.4) is 0 Å². The number of rotatable bonds is 7. The van der Waals surface area contributed by atoms with Crippen molar-refractivity contribution in [3.63, 3.8) is 0 Å². The minimum absolute atomic E-state index is 0. The number of hydrogen-bond donors (Lipinski definition) is 2. The number of aromatic nitrogens is 1. The molecule has 2 N–H and O–H groups in total. The molecule has 0 aliphatic rings. The Morgan fingerprint density at radius 3 is 2.23 bits per heavy atom. The Bertz CT molecular complexity index is 964. The number of nitrogens with zero attached hydrogens (tertiary/aromatic N) is 3. The summed E-state index contributed by atoms with van der Waals surface area (Å²) >= 11 is 0. The molecular weight excluding hydrogens is 529 g/mol. The number of halogens is 1. The zero-order chi connectivity index (χ0) is 22.5. The quantitative estimate of drug-likeness (QED) is 0.304. The largest absolute Gasteiger partial charge is 0.443 e. The molecule has 0 atom stereocenters. The number of benzene rings is 1. The molecule has 1 aromatic heterocycles. The van der Waals surface area contributed by atoms with Gasteiger partial charge in [0.1, 0.15) is 5.76 Å². The van der Waals surface area contributed by atoms with Gasteiger partial charge in [0, 0.05) is 32.1 Å². The van der Waals surface area contributed by atoms with Gasteiger partial charge in [-0.3, -0.25) is 4.99 Å². The first-order valence-electron chi connectivity index (χ1n) is 9.92. The van der Waals surface area contributed by atoms with Gasteiger partial charge in [-0.15, -0.1) is 24.0 Å². The van der Waals surface area contributed by atoms with Crippen LogP contribution in [-0.2, 0) is 28.5 Å². The molecule has 1 heterocycles. The molecule has 2 aromatic rings. The van der Waals surface area contributed by atoms with E-state index in [9.17, 15) is 8.42 Å². The lowest BCUT2D eigenvalue weighted by atomic mass is 9.94. The molecule has 0 amide bonds. The fourth-order valence-electron chi connectivity index (χ4n) is 2.53. The number of nitrogens with one attached hydrogen (secondary N) is 2. The first-order chi connectivity index (χ1) is 13.9. The van der Waals surface area contributed by atoms with Gasteiger partial charge in [0.2, 0.25) is 15.9 Å². The molecule has 0 radical (unpaired) electrons. The first kappa shape index (κ1) is 27.4. The van der Waals surface area contributed by atoms with Crippen LogP contribution >= 0.6 is 24.0 Å². The van der Waals surface area contributed by atoms with Crippen LogP contribution in [0.15, 0.2) is 44.8 Å². The van der Waals surface area contributed by atoms with Gasteiger partial charge < -0.3 is 15.1 Å². The SMILES string of the molecule is CN=C(NCc1ccc(S(=O)(=O)N(C)C(C)C)cc1)NCc1ncc(C(C)(C)C)o1.I. The van der Waals surface area contributed by atoms with Gasteiger partial charge in [0.05, 0.1) is 17.6 Å². The highest BCUT2D eigenvalue weighted by Crippen LogP contribution is 2.22. The molecule has 0 aliphatic heterocycles. The third kappa shape index (κ3) is 7.46. The summed E-state index contributed by atoms with van der Waals surface area (Å²) < 4.78 is 32.2. The number of guanidine groups is 1. The van der Waals surface area contributed by atoms with Crippen LogP contribution in [0.1, 0.15) is 51.8 Å². The molecule has 0 aliphatic carbocycles. The Morgan fingerprint density at radius 2 is 1.74 bits per heavy atom. The Kier molecular flexibility index (Phi) is 9.96. The van der Waals surface area contributed by atoms with Gasteiger partial charge in [-0.05, 0) is 31.5 Å². The molecule has 8 nitrogen and oxygen atoms in total. The normalized spacial score (nSPS) is 12.7. The molecule has 10 heteroatoms. The topological polar surface area (TPSA) is 99.8 Å². The molecule has 0 saturated heterocycles. The van der Waals surface area contributed by atoms with E-state index in [1.807, 2.05) is 13.8 Å². The van der Waals surface area contributed by atoms with E-state index in [1.165, 1.54) is 4.31 Å². The average molecular weight is 564 g/mol. The van der Waals surface area contributed by atoms with Gasteiger partial charge in [-0.25, -0.2) is 13.4 Å². The van der Waals surface area contributed by atoms with Gasteiger partial charge in [0.15, 0.2) is 5.96 Å². The van der Waals surface area contributed by atoms with Crippen LogP contribution in [0.2, 0.25) is 0 Å². The van der Waals surface area contributed by atoms with Crippen molar-refractivity contribution in [2.45, 2.75) is 64.1 Å². The zero-order valence-corrected chi connectivity index (χ0v) is 22.4. The zero-order valence-electron chi connectivity index (χ0n) is 19.3. The molecule has 31 heavy (non-hydrogen) atoms. The Balaban J connectivity index is 0.00000480. The summed E-state index contributed by atoms with van der Waals surface area (Å²) in [6, 6.07) is 6.74. The van der Waals surface area contributed by atoms with Crippen molar-refractivity contribution in [1.82, 2.24) is 19.9 Å². The molecule has 174 valence electrons. The van der Waals surface area contributed by atoms with E-state index in [-0.39, 0.29) is 40.3 Å². The highest BCUT2D eigenvalue weighted by molar-refractivity contribution is 14.0. The van der Waals surface area contributed by atoms with Gasteiger partial charge in [-0.2, -0.15) is 4.31 Å². The van der Waals surface area contributed by atoms with E-state index in [0.717, 1.165) is 11.3 Å². The minimum atomic E-state index is -3.48.